The van der Waals surface area contributed by atoms with Gasteiger partial charge in [0.15, 0.2) is 0 Å². The number of nitrogens with one attached hydrogen (secondary N) is 1. The van der Waals surface area contributed by atoms with Gasteiger partial charge < -0.3 is 15.0 Å². The number of rotatable bonds is 7. The van der Waals surface area contributed by atoms with E-state index in [1.165, 1.54) is 11.3 Å². The topological polar surface area (TPSA) is 41.6 Å². The lowest BCUT2D eigenvalue weighted by Gasteiger charge is -2.19. The number of hydrogen-bond donors (Lipinski definition) is 1. The molecular formula is C21H26N2O2. The quantitative estimate of drug-likeness (QED) is 0.785. The van der Waals surface area contributed by atoms with E-state index in [-0.39, 0.29) is 5.91 Å². The number of anilines is 1. The lowest BCUT2D eigenvalue weighted by Crippen LogP contribution is -2.29. The summed E-state index contributed by atoms with van der Waals surface area (Å²) >= 11 is 0. The van der Waals surface area contributed by atoms with Crippen molar-refractivity contribution in [2.45, 2.75) is 26.7 Å². The second kappa shape index (κ2) is 8.06. The van der Waals surface area contributed by atoms with E-state index in [0.29, 0.717) is 18.7 Å². The highest BCUT2D eigenvalue weighted by atomic mass is 16.5. The summed E-state index contributed by atoms with van der Waals surface area (Å²) in [6.07, 6.45) is 2.06. The summed E-state index contributed by atoms with van der Waals surface area (Å²) in [4.78, 5) is 14.7. The Morgan fingerprint density at radius 3 is 2.88 bits per heavy atom. The second-order valence-electron chi connectivity index (χ2n) is 6.39. The monoisotopic (exact) mass is 338 g/mol. The van der Waals surface area contributed by atoms with Gasteiger partial charge in [0.25, 0.3) is 5.91 Å². The molecule has 2 aromatic carbocycles. The molecule has 0 bridgehead atoms. The first-order valence-electron chi connectivity index (χ1n) is 9.03. The van der Waals surface area contributed by atoms with E-state index in [2.05, 4.69) is 34.5 Å². The van der Waals surface area contributed by atoms with Gasteiger partial charge in [0, 0.05) is 30.9 Å². The summed E-state index contributed by atoms with van der Waals surface area (Å²) in [5.41, 5.74) is 4.45. The molecule has 0 spiro atoms. The van der Waals surface area contributed by atoms with Crippen molar-refractivity contribution in [3.05, 3.63) is 59.2 Å². The van der Waals surface area contributed by atoms with E-state index in [1.54, 1.807) is 0 Å². The van der Waals surface area contributed by atoms with Crippen LogP contribution in [0.1, 0.15) is 34.8 Å². The van der Waals surface area contributed by atoms with Crippen molar-refractivity contribution < 1.29 is 9.53 Å². The molecule has 0 saturated heterocycles. The molecule has 2 aromatic rings. The number of carbonyl (C=O) groups is 1. The van der Waals surface area contributed by atoms with Crippen LogP contribution < -0.4 is 15.0 Å². The number of aryl methyl sites for hydroxylation is 1. The third-order valence-corrected chi connectivity index (χ3v) is 4.61. The smallest absolute Gasteiger partial charge is 0.251 e. The van der Waals surface area contributed by atoms with Crippen LogP contribution in [0.25, 0.3) is 0 Å². The Balaban J connectivity index is 1.46. The standard InChI is InChI=1S/C21H26N2O2/c1-3-25-20-10-9-18(15-16(20)2)21(24)22-12-6-13-23-14-11-17-7-4-5-8-19(17)23/h4-5,7-10,15H,3,6,11-14H2,1-2H3,(H,22,24). The fourth-order valence-corrected chi connectivity index (χ4v) is 3.32. The minimum Gasteiger partial charge on any atom is -0.494 e. The fourth-order valence-electron chi connectivity index (χ4n) is 3.32. The van der Waals surface area contributed by atoms with Gasteiger partial charge >= 0.3 is 0 Å². The van der Waals surface area contributed by atoms with Crippen molar-refractivity contribution in [3.63, 3.8) is 0 Å². The van der Waals surface area contributed by atoms with Crippen LogP contribution in [-0.4, -0.2) is 32.1 Å². The molecule has 4 nitrogen and oxygen atoms in total. The van der Waals surface area contributed by atoms with Gasteiger partial charge in [0.05, 0.1) is 6.61 Å². The van der Waals surface area contributed by atoms with Gasteiger partial charge in [-0.15, -0.1) is 0 Å². The number of para-hydroxylation sites is 1. The first-order valence-corrected chi connectivity index (χ1v) is 9.03. The highest BCUT2D eigenvalue weighted by Gasteiger charge is 2.17. The maximum atomic E-state index is 12.3. The second-order valence-corrected chi connectivity index (χ2v) is 6.39. The summed E-state index contributed by atoms with van der Waals surface area (Å²) in [6, 6.07) is 14.2. The first-order chi connectivity index (χ1) is 12.2. The molecule has 0 fully saturated rings. The maximum absolute atomic E-state index is 12.3. The minimum atomic E-state index is -0.0204. The molecule has 1 amide bonds. The van der Waals surface area contributed by atoms with Gasteiger partial charge in [-0.2, -0.15) is 0 Å². The number of ether oxygens (including phenoxy) is 1. The number of nitrogens with zero attached hydrogens (tertiary/aromatic N) is 1. The van der Waals surface area contributed by atoms with Gasteiger partial charge in [-0.25, -0.2) is 0 Å². The zero-order valence-corrected chi connectivity index (χ0v) is 15.0. The van der Waals surface area contributed by atoms with Crippen LogP contribution in [0.3, 0.4) is 0 Å². The zero-order valence-electron chi connectivity index (χ0n) is 15.0. The SMILES string of the molecule is CCOc1ccc(C(=O)NCCCN2CCc3ccccc32)cc1C. The zero-order chi connectivity index (χ0) is 17.6. The summed E-state index contributed by atoms with van der Waals surface area (Å²) < 4.78 is 5.52. The molecule has 1 heterocycles. The van der Waals surface area contributed by atoms with Crippen molar-refractivity contribution in [1.29, 1.82) is 0 Å². The van der Waals surface area contributed by atoms with E-state index in [1.807, 2.05) is 32.0 Å². The Labute approximate surface area is 149 Å². The molecule has 0 unspecified atom stereocenters. The Morgan fingerprint density at radius 2 is 2.08 bits per heavy atom. The van der Waals surface area contributed by atoms with Crippen molar-refractivity contribution in [1.82, 2.24) is 5.32 Å². The van der Waals surface area contributed by atoms with E-state index >= 15 is 0 Å². The summed E-state index contributed by atoms with van der Waals surface area (Å²) in [6.45, 7) is 7.28. The van der Waals surface area contributed by atoms with Crippen LogP contribution in [0, 0.1) is 6.92 Å². The molecule has 1 aliphatic rings. The molecular weight excluding hydrogens is 312 g/mol. The summed E-state index contributed by atoms with van der Waals surface area (Å²) in [7, 11) is 0. The Hall–Kier alpha value is -2.49. The van der Waals surface area contributed by atoms with Gasteiger partial charge in [0.2, 0.25) is 0 Å². The van der Waals surface area contributed by atoms with E-state index in [9.17, 15) is 4.79 Å². The first kappa shape index (κ1) is 17.3. The molecule has 132 valence electrons. The molecule has 0 saturated carbocycles. The average molecular weight is 338 g/mol. The minimum absolute atomic E-state index is 0.0204. The Morgan fingerprint density at radius 1 is 1.24 bits per heavy atom. The Bertz CT molecular complexity index is 742. The van der Waals surface area contributed by atoms with Crippen molar-refractivity contribution >= 4 is 11.6 Å². The highest BCUT2D eigenvalue weighted by molar-refractivity contribution is 5.94. The largest absolute Gasteiger partial charge is 0.494 e. The van der Waals surface area contributed by atoms with Gasteiger partial charge in [-0.1, -0.05) is 18.2 Å². The van der Waals surface area contributed by atoms with Crippen LogP contribution in [0.15, 0.2) is 42.5 Å². The molecule has 3 rings (SSSR count). The van der Waals surface area contributed by atoms with Crippen LogP contribution >= 0.6 is 0 Å². The third kappa shape index (κ3) is 4.13. The van der Waals surface area contributed by atoms with Gasteiger partial charge in [-0.05, 0) is 62.1 Å². The summed E-state index contributed by atoms with van der Waals surface area (Å²) in [5, 5.41) is 3.02. The molecule has 0 aromatic heterocycles. The lowest BCUT2D eigenvalue weighted by atomic mass is 10.1. The van der Waals surface area contributed by atoms with Crippen molar-refractivity contribution in [2.24, 2.45) is 0 Å². The molecule has 1 aliphatic heterocycles. The fraction of sp³-hybridized carbons (Fsp3) is 0.381. The summed E-state index contributed by atoms with van der Waals surface area (Å²) in [5.74, 6) is 0.819. The Kier molecular flexibility index (Phi) is 5.59. The lowest BCUT2D eigenvalue weighted by molar-refractivity contribution is 0.0953. The third-order valence-electron chi connectivity index (χ3n) is 4.61. The number of benzene rings is 2. The van der Waals surface area contributed by atoms with Crippen molar-refractivity contribution in [2.75, 3.05) is 31.1 Å². The molecule has 1 N–H and O–H groups in total. The predicted molar refractivity (Wildman–Crippen MR) is 102 cm³/mol. The van der Waals surface area contributed by atoms with Gasteiger partial charge in [0.1, 0.15) is 5.75 Å². The van der Waals surface area contributed by atoms with Crippen LogP contribution in [0.4, 0.5) is 5.69 Å². The highest BCUT2D eigenvalue weighted by Crippen LogP contribution is 2.27. The van der Waals surface area contributed by atoms with Gasteiger partial charge in [-0.3, -0.25) is 4.79 Å². The number of carbonyl (C=O) groups excluding carboxylic acids is 1. The van der Waals surface area contributed by atoms with Crippen molar-refractivity contribution in [3.8, 4) is 5.75 Å². The number of amides is 1. The maximum Gasteiger partial charge on any atom is 0.251 e. The average Bonchev–Trinajstić information content (AvgIpc) is 3.03. The van der Waals surface area contributed by atoms with E-state index < -0.39 is 0 Å². The van der Waals surface area contributed by atoms with Crippen LogP contribution in [0.2, 0.25) is 0 Å². The molecule has 25 heavy (non-hydrogen) atoms. The van der Waals surface area contributed by atoms with E-state index in [4.69, 9.17) is 4.74 Å². The number of fused-ring (bicyclic) bond motifs is 1. The predicted octanol–water partition coefficient (Wildman–Crippen LogP) is 3.58. The molecule has 0 radical (unpaired) electrons. The molecule has 0 atom stereocenters. The molecule has 0 aliphatic carbocycles. The normalized spacial score (nSPS) is 12.8. The van der Waals surface area contributed by atoms with E-state index in [0.717, 1.165) is 37.2 Å². The molecule has 4 heteroatoms. The van der Waals surface area contributed by atoms with Crippen LogP contribution in [0.5, 0.6) is 5.75 Å². The van der Waals surface area contributed by atoms with Crippen LogP contribution in [-0.2, 0) is 6.42 Å². The number of hydrogen-bond acceptors (Lipinski definition) is 3.